The molecular weight excluding hydrogens is 246 g/mol. The van der Waals surface area contributed by atoms with Gasteiger partial charge in [0.05, 0.1) is 0 Å². The maximum absolute atomic E-state index is 3.46. The van der Waals surface area contributed by atoms with Crippen LogP contribution < -0.4 is 5.32 Å². The zero-order valence-electron chi connectivity index (χ0n) is 13.8. The molecule has 1 unspecified atom stereocenters. The van der Waals surface area contributed by atoms with Crippen LogP contribution in [0, 0.1) is 6.92 Å². The normalized spacial score (nSPS) is 13.2. The van der Waals surface area contributed by atoms with Gasteiger partial charge in [0, 0.05) is 12.6 Å². The summed E-state index contributed by atoms with van der Waals surface area (Å²) in [5.41, 5.74) is 2.72. The van der Waals surface area contributed by atoms with E-state index in [1.165, 1.54) is 24.1 Å². The summed E-state index contributed by atoms with van der Waals surface area (Å²) in [5.74, 6) is 0. The van der Waals surface area contributed by atoms with E-state index in [1.54, 1.807) is 0 Å². The maximum atomic E-state index is 3.46. The number of hydrogen-bond acceptors (Lipinski definition) is 3. The van der Waals surface area contributed by atoms with Gasteiger partial charge in [0.15, 0.2) is 0 Å². The van der Waals surface area contributed by atoms with Crippen molar-refractivity contribution in [3.05, 3.63) is 35.4 Å². The van der Waals surface area contributed by atoms with Crippen LogP contribution in [0.4, 0.5) is 0 Å². The Morgan fingerprint density at radius 3 is 2.50 bits per heavy atom. The molecule has 1 atom stereocenters. The van der Waals surface area contributed by atoms with Crippen molar-refractivity contribution in [3.63, 3.8) is 0 Å². The van der Waals surface area contributed by atoms with Crippen LogP contribution >= 0.6 is 0 Å². The number of likely N-dealkylation sites (N-methyl/N-ethyl adjacent to an activating group) is 2. The number of benzene rings is 1. The first-order chi connectivity index (χ1) is 9.56. The average Bonchev–Trinajstić information content (AvgIpc) is 2.42. The fourth-order valence-corrected chi connectivity index (χ4v) is 2.50. The lowest BCUT2D eigenvalue weighted by molar-refractivity contribution is 0.243. The van der Waals surface area contributed by atoms with E-state index in [1.807, 2.05) is 0 Å². The number of hydrogen-bond donors (Lipinski definition) is 1. The van der Waals surface area contributed by atoms with Gasteiger partial charge in [0.2, 0.25) is 0 Å². The summed E-state index contributed by atoms with van der Waals surface area (Å²) in [7, 11) is 6.33. The topological polar surface area (TPSA) is 18.5 Å². The van der Waals surface area contributed by atoms with Crippen molar-refractivity contribution in [2.45, 2.75) is 26.3 Å². The predicted molar refractivity (Wildman–Crippen MR) is 88.3 cm³/mol. The molecule has 0 saturated heterocycles. The molecule has 0 aliphatic rings. The van der Waals surface area contributed by atoms with Crippen LogP contribution in [0.1, 0.15) is 30.5 Å². The molecule has 0 aliphatic carbocycles. The molecule has 1 aromatic rings. The number of nitrogens with zero attached hydrogens (tertiary/aromatic N) is 2. The van der Waals surface area contributed by atoms with Crippen molar-refractivity contribution in [2.24, 2.45) is 0 Å². The molecule has 0 aromatic heterocycles. The van der Waals surface area contributed by atoms with Crippen LogP contribution in [0.5, 0.6) is 0 Å². The highest BCUT2D eigenvalue weighted by Gasteiger charge is 2.13. The Morgan fingerprint density at radius 2 is 1.95 bits per heavy atom. The Bertz CT molecular complexity index is 376. The third kappa shape index (κ3) is 6.04. The molecule has 0 fully saturated rings. The van der Waals surface area contributed by atoms with Crippen molar-refractivity contribution in [3.8, 4) is 0 Å². The summed E-state index contributed by atoms with van der Waals surface area (Å²) in [6, 6.07) is 9.23. The quantitative estimate of drug-likeness (QED) is 0.748. The first kappa shape index (κ1) is 17.2. The highest BCUT2D eigenvalue weighted by atomic mass is 15.1. The van der Waals surface area contributed by atoms with Gasteiger partial charge < -0.3 is 15.1 Å². The predicted octanol–water partition coefficient (Wildman–Crippen LogP) is 2.53. The fourth-order valence-electron chi connectivity index (χ4n) is 2.50. The van der Waals surface area contributed by atoms with Gasteiger partial charge in [-0.3, -0.25) is 0 Å². The highest BCUT2D eigenvalue weighted by Crippen LogP contribution is 2.15. The molecule has 0 heterocycles. The summed E-state index contributed by atoms with van der Waals surface area (Å²) in [6.07, 6.45) is 1.23. The summed E-state index contributed by atoms with van der Waals surface area (Å²) < 4.78 is 0. The fraction of sp³-hybridized carbons (Fsp3) is 0.647. The molecule has 0 amide bonds. The van der Waals surface area contributed by atoms with Gasteiger partial charge in [-0.2, -0.15) is 0 Å². The second kappa shape index (κ2) is 9.11. The molecular formula is C17H31N3. The van der Waals surface area contributed by atoms with Crippen LogP contribution in [-0.2, 0) is 0 Å². The highest BCUT2D eigenvalue weighted by molar-refractivity contribution is 5.25. The summed E-state index contributed by atoms with van der Waals surface area (Å²) in [5, 5.41) is 3.46. The van der Waals surface area contributed by atoms with Crippen molar-refractivity contribution in [2.75, 3.05) is 47.3 Å². The summed E-state index contributed by atoms with van der Waals surface area (Å²) in [6.45, 7) is 8.91. The van der Waals surface area contributed by atoms with Gasteiger partial charge in [-0.15, -0.1) is 0 Å². The van der Waals surface area contributed by atoms with Crippen LogP contribution in [-0.4, -0.2) is 57.1 Å². The Labute approximate surface area is 125 Å². The molecule has 0 aliphatic heterocycles. The third-order valence-electron chi connectivity index (χ3n) is 3.76. The van der Waals surface area contributed by atoms with Crippen LogP contribution in [0.3, 0.4) is 0 Å². The molecule has 0 bridgehead atoms. The standard InChI is InChI=1S/C17H31N3/c1-6-20(12-8-11-19(4)5)14-17(18-3)16-10-7-9-15(2)13-16/h7,9-10,13,17-18H,6,8,11-12,14H2,1-5H3. The molecule has 0 radical (unpaired) electrons. The van der Waals surface area contributed by atoms with Gasteiger partial charge in [-0.05, 0) is 59.7 Å². The second-order valence-corrected chi connectivity index (χ2v) is 5.81. The molecule has 114 valence electrons. The minimum absolute atomic E-state index is 0.411. The van der Waals surface area contributed by atoms with E-state index in [0.29, 0.717) is 6.04 Å². The largest absolute Gasteiger partial charge is 0.312 e. The lowest BCUT2D eigenvalue weighted by Crippen LogP contribution is -2.35. The first-order valence-corrected chi connectivity index (χ1v) is 7.67. The van der Waals surface area contributed by atoms with Crippen molar-refractivity contribution in [1.29, 1.82) is 0 Å². The Balaban J connectivity index is 2.56. The Kier molecular flexibility index (Phi) is 7.82. The van der Waals surface area contributed by atoms with Gasteiger partial charge in [0.25, 0.3) is 0 Å². The number of aryl methyl sites for hydroxylation is 1. The van der Waals surface area contributed by atoms with Crippen LogP contribution in [0.25, 0.3) is 0 Å². The Hall–Kier alpha value is -0.900. The van der Waals surface area contributed by atoms with E-state index in [-0.39, 0.29) is 0 Å². The van der Waals surface area contributed by atoms with Crippen molar-refractivity contribution >= 4 is 0 Å². The lowest BCUT2D eigenvalue weighted by atomic mass is 10.0. The molecule has 20 heavy (non-hydrogen) atoms. The third-order valence-corrected chi connectivity index (χ3v) is 3.76. The average molecular weight is 277 g/mol. The molecule has 3 heteroatoms. The molecule has 1 aromatic carbocycles. The monoisotopic (exact) mass is 277 g/mol. The lowest BCUT2D eigenvalue weighted by Gasteiger charge is -2.27. The van der Waals surface area contributed by atoms with Gasteiger partial charge in [-0.25, -0.2) is 0 Å². The van der Waals surface area contributed by atoms with E-state index < -0.39 is 0 Å². The SMILES string of the molecule is CCN(CCCN(C)C)CC(NC)c1cccc(C)c1. The van der Waals surface area contributed by atoms with Crippen molar-refractivity contribution in [1.82, 2.24) is 15.1 Å². The summed E-state index contributed by atoms with van der Waals surface area (Å²) >= 11 is 0. The molecule has 1 rings (SSSR count). The van der Waals surface area contributed by atoms with Crippen molar-refractivity contribution < 1.29 is 0 Å². The van der Waals surface area contributed by atoms with E-state index in [4.69, 9.17) is 0 Å². The first-order valence-electron chi connectivity index (χ1n) is 7.67. The second-order valence-electron chi connectivity index (χ2n) is 5.81. The Morgan fingerprint density at radius 1 is 1.20 bits per heavy atom. The minimum atomic E-state index is 0.411. The molecule has 1 N–H and O–H groups in total. The van der Waals surface area contributed by atoms with Gasteiger partial charge in [-0.1, -0.05) is 36.8 Å². The number of rotatable bonds is 9. The van der Waals surface area contributed by atoms with Gasteiger partial charge in [0.1, 0.15) is 0 Å². The van der Waals surface area contributed by atoms with E-state index in [9.17, 15) is 0 Å². The molecule has 0 spiro atoms. The van der Waals surface area contributed by atoms with E-state index in [2.05, 4.69) is 74.4 Å². The zero-order chi connectivity index (χ0) is 15.0. The smallest absolute Gasteiger partial charge is 0.0446 e. The molecule has 0 saturated carbocycles. The van der Waals surface area contributed by atoms with Gasteiger partial charge >= 0.3 is 0 Å². The van der Waals surface area contributed by atoms with Crippen LogP contribution in [0.2, 0.25) is 0 Å². The maximum Gasteiger partial charge on any atom is 0.0446 e. The molecule has 3 nitrogen and oxygen atoms in total. The number of nitrogens with one attached hydrogen (secondary N) is 1. The van der Waals surface area contributed by atoms with E-state index >= 15 is 0 Å². The zero-order valence-corrected chi connectivity index (χ0v) is 13.8. The minimum Gasteiger partial charge on any atom is -0.312 e. The van der Waals surface area contributed by atoms with Crippen LogP contribution in [0.15, 0.2) is 24.3 Å². The van der Waals surface area contributed by atoms with E-state index in [0.717, 1.165) is 19.6 Å². The summed E-state index contributed by atoms with van der Waals surface area (Å²) in [4.78, 5) is 4.79.